The van der Waals surface area contributed by atoms with E-state index in [9.17, 15) is 4.79 Å². The van der Waals surface area contributed by atoms with E-state index in [1.54, 1.807) is 6.20 Å². The molecule has 0 bridgehead atoms. The minimum Gasteiger partial charge on any atom is -0.464 e. The van der Waals surface area contributed by atoms with Crippen LogP contribution in [0.25, 0.3) is 0 Å². The molecule has 1 aromatic rings. The van der Waals surface area contributed by atoms with E-state index in [1.807, 2.05) is 4.90 Å². The zero-order chi connectivity index (χ0) is 11.5. The topological polar surface area (TPSA) is 81.3 Å². The fraction of sp³-hybridized carbons (Fsp3) is 0.500. The molecule has 1 aromatic heterocycles. The average molecular weight is 222 g/mol. The van der Waals surface area contributed by atoms with Crippen LogP contribution in [-0.2, 0) is 4.74 Å². The molecule has 1 aliphatic heterocycles. The second kappa shape index (κ2) is 4.44. The fourth-order valence-corrected chi connectivity index (χ4v) is 1.71. The number of hydrogen-bond acceptors (Lipinski definition) is 6. The summed E-state index contributed by atoms with van der Waals surface area (Å²) in [6.07, 6.45) is 3.96. The zero-order valence-corrected chi connectivity index (χ0v) is 9.09. The van der Waals surface area contributed by atoms with Crippen LogP contribution in [0.5, 0.6) is 0 Å². The highest BCUT2D eigenvalue weighted by atomic mass is 16.5. The average Bonchev–Trinajstić information content (AvgIpc) is 2.75. The fourth-order valence-electron chi connectivity index (χ4n) is 1.71. The molecular formula is C10H14N4O2. The lowest BCUT2D eigenvalue weighted by atomic mass is 10.3. The van der Waals surface area contributed by atoms with Crippen LogP contribution in [-0.4, -0.2) is 42.2 Å². The van der Waals surface area contributed by atoms with Gasteiger partial charge < -0.3 is 15.4 Å². The van der Waals surface area contributed by atoms with Crippen molar-refractivity contribution >= 4 is 11.8 Å². The minimum absolute atomic E-state index is 0.170. The van der Waals surface area contributed by atoms with Gasteiger partial charge in [-0.1, -0.05) is 0 Å². The molecule has 6 nitrogen and oxygen atoms in total. The van der Waals surface area contributed by atoms with E-state index in [1.165, 1.54) is 13.3 Å². The standard InChI is InChI=1S/C10H14N4O2/c1-16-10(15)8-4-12-5-9(13-8)14-3-2-7(11)6-14/h4-5,7H,2-3,6,11H2,1H3. The first kappa shape index (κ1) is 10.8. The molecule has 2 rings (SSSR count). The third-order valence-corrected chi connectivity index (χ3v) is 2.57. The molecule has 1 fully saturated rings. The van der Waals surface area contributed by atoms with E-state index < -0.39 is 5.97 Å². The predicted octanol–water partition coefficient (Wildman–Crippen LogP) is -0.199. The summed E-state index contributed by atoms with van der Waals surface area (Å²) in [5.74, 6) is 0.202. The van der Waals surface area contributed by atoms with Gasteiger partial charge in [-0.2, -0.15) is 0 Å². The number of methoxy groups -OCH3 is 1. The lowest BCUT2D eigenvalue weighted by Gasteiger charge is -2.16. The summed E-state index contributed by atoms with van der Waals surface area (Å²) in [6.45, 7) is 1.60. The number of aromatic nitrogens is 2. The summed E-state index contributed by atoms with van der Waals surface area (Å²) in [7, 11) is 1.32. The van der Waals surface area contributed by atoms with Crippen molar-refractivity contribution in [2.45, 2.75) is 12.5 Å². The third kappa shape index (κ3) is 2.11. The van der Waals surface area contributed by atoms with Gasteiger partial charge in [-0.25, -0.2) is 9.78 Å². The summed E-state index contributed by atoms with van der Waals surface area (Å²) in [6, 6.07) is 0.170. The van der Waals surface area contributed by atoms with E-state index in [2.05, 4.69) is 14.7 Å². The Hall–Kier alpha value is -1.69. The third-order valence-electron chi connectivity index (χ3n) is 2.57. The van der Waals surface area contributed by atoms with Gasteiger partial charge in [-0.3, -0.25) is 4.98 Å². The Kier molecular flexibility index (Phi) is 3.00. The summed E-state index contributed by atoms with van der Waals surface area (Å²) in [5.41, 5.74) is 6.03. The Labute approximate surface area is 93.4 Å². The van der Waals surface area contributed by atoms with Gasteiger partial charge in [0.15, 0.2) is 5.69 Å². The Morgan fingerprint density at radius 2 is 2.44 bits per heavy atom. The van der Waals surface area contributed by atoms with Crippen molar-refractivity contribution in [2.75, 3.05) is 25.1 Å². The molecule has 2 N–H and O–H groups in total. The maximum absolute atomic E-state index is 11.3. The summed E-state index contributed by atoms with van der Waals surface area (Å²) in [5, 5.41) is 0. The first-order valence-electron chi connectivity index (χ1n) is 5.11. The second-order valence-corrected chi connectivity index (χ2v) is 3.75. The van der Waals surface area contributed by atoms with Crippen LogP contribution >= 0.6 is 0 Å². The first-order chi connectivity index (χ1) is 7.70. The molecule has 0 amide bonds. The molecule has 0 aliphatic carbocycles. The molecule has 86 valence electrons. The number of esters is 1. The number of rotatable bonds is 2. The van der Waals surface area contributed by atoms with Crippen molar-refractivity contribution in [3.63, 3.8) is 0 Å². The highest BCUT2D eigenvalue weighted by molar-refractivity contribution is 5.87. The van der Waals surface area contributed by atoms with E-state index in [-0.39, 0.29) is 11.7 Å². The summed E-state index contributed by atoms with van der Waals surface area (Å²) >= 11 is 0. The number of anilines is 1. The molecule has 16 heavy (non-hydrogen) atoms. The van der Waals surface area contributed by atoms with Gasteiger partial charge in [0.05, 0.1) is 19.5 Å². The summed E-state index contributed by atoms with van der Waals surface area (Å²) in [4.78, 5) is 21.5. The molecule has 0 radical (unpaired) electrons. The van der Waals surface area contributed by atoms with Crippen molar-refractivity contribution < 1.29 is 9.53 Å². The minimum atomic E-state index is -0.474. The molecule has 0 saturated carbocycles. The number of nitrogens with zero attached hydrogens (tertiary/aromatic N) is 3. The van der Waals surface area contributed by atoms with Gasteiger partial charge in [-0.15, -0.1) is 0 Å². The molecule has 2 heterocycles. The van der Waals surface area contributed by atoms with Crippen LogP contribution in [0.3, 0.4) is 0 Å². The van der Waals surface area contributed by atoms with Crippen molar-refractivity contribution in [3.8, 4) is 0 Å². The highest BCUT2D eigenvalue weighted by Crippen LogP contribution is 2.16. The molecule has 0 spiro atoms. The van der Waals surface area contributed by atoms with Crippen LogP contribution < -0.4 is 10.6 Å². The molecule has 0 aromatic carbocycles. The normalized spacial score (nSPS) is 19.9. The van der Waals surface area contributed by atoms with Gasteiger partial charge in [-0.05, 0) is 6.42 Å². The van der Waals surface area contributed by atoms with Gasteiger partial charge in [0, 0.05) is 19.1 Å². The number of carbonyl (C=O) groups excluding carboxylic acids is 1. The molecule has 1 saturated heterocycles. The Bertz CT molecular complexity index is 396. The maximum atomic E-state index is 11.3. The number of nitrogens with two attached hydrogens (primary N) is 1. The lowest BCUT2D eigenvalue weighted by Crippen LogP contribution is -2.27. The van der Waals surface area contributed by atoms with Crippen molar-refractivity contribution in [1.29, 1.82) is 0 Å². The quantitative estimate of drug-likeness (QED) is 0.698. The van der Waals surface area contributed by atoms with Crippen LogP contribution in [0, 0.1) is 0 Å². The van der Waals surface area contributed by atoms with Crippen LogP contribution in [0.4, 0.5) is 5.82 Å². The van der Waals surface area contributed by atoms with Crippen molar-refractivity contribution in [1.82, 2.24) is 9.97 Å². The Balaban J connectivity index is 2.19. The molecule has 1 unspecified atom stereocenters. The van der Waals surface area contributed by atoms with Gasteiger partial charge in [0.1, 0.15) is 5.82 Å². The zero-order valence-electron chi connectivity index (χ0n) is 9.09. The second-order valence-electron chi connectivity index (χ2n) is 3.75. The Morgan fingerprint density at radius 3 is 3.06 bits per heavy atom. The first-order valence-corrected chi connectivity index (χ1v) is 5.11. The molecule has 1 atom stereocenters. The maximum Gasteiger partial charge on any atom is 0.358 e. The van der Waals surface area contributed by atoms with E-state index in [0.717, 1.165) is 19.5 Å². The SMILES string of the molecule is COC(=O)c1cncc(N2CCC(N)C2)n1. The van der Waals surface area contributed by atoms with E-state index in [4.69, 9.17) is 5.73 Å². The monoisotopic (exact) mass is 222 g/mol. The molecule has 6 heteroatoms. The number of carbonyl (C=O) groups is 1. The highest BCUT2D eigenvalue weighted by Gasteiger charge is 2.21. The smallest absolute Gasteiger partial charge is 0.358 e. The molecule has 1 aliphatic rings. The van der Waals surface area contributed by atoms with Crippen LogP contribution in [0.15, 0.2) is 12.4 Å². The van der Waals surface area contributed by atoms with Gasteiger partial charge in [0.2, 0.25) is 0 Å². The summed E-state index contributed by atoms with van der Waals surface area (Å²) < 4.78 is 4.59. The number of ether oxygens (including phenoxy) is 1. The lowest BCUT2D eigenvalue weighted by molar-refractivity contribution is 0.0593. The van der Waals surface area contributed by atoms with E-state index in [0.29, 0.717) is 5.82 Å². The van der Waals surface area contributed by atoms with Gasteiger partial charge in [0.25, 0.3) is 0 Å². The Morgan fingerprint density at radius 1 is 1.62 bits per heavy atom. The van der Waals surface area contributed by atoms with Crippen molar-refractivity contribution in [2.24, 2.45) is 5.73 Å². The van der Waals surface area contributed by atoms with Crippen LogP contribution in [0.1, 0.15) is 16.9 Å². The van der Waals surface area contributed by atoms with Gasteiger partial charge >= 0.3 is 5.97 Å². The molecular weight excluding hydrogens is 208 g/mol. The van der Waals surface area contributed by atoms with E-state index >= 15 is 0 Å². The van der Waals surface area contributed by atoms with Crippen molar-refractivity contribution in [3.05, 3.63) is 18.1 Å². The number of hydrogen-bond donors (Lipinski definition) is 1. The largest absolute Gasteiger partial charge is 0.464 e. The van der Waals surface area contributed by atoms with Crippen LogP contribution in [0.2, 0.25) is 0 Å². The predicted molar refractivity (Wildman–Crippen MR) is 58.2 cm³/mol.